The average molecular weight is 343 g/mol. The summed E-state index contributed by atoms with van der Waals surface area (Å²) in [6.07, 6.45) is 0. The van der Waals surface area contributed by atoms with E-state index < -0.39 is 17.5 Å². The van der Waals surface area contributed by atoms with Crippen molar-refractivity contribution >= 4 is 40.6 Å². The van der Waals surface area contributed by atoms with Gasteiger partial charge in [-0.05, 0) is 24.3 Å². The fraction of sp³-hybridized carbons (Fsp3) is 0.0667. The third-order valence-electron chi connectivity index (χ3n) is 2.88. The molecule has 6 heteroatoms. The summed E-state index contributed by atoms with van der Waals surface area (Å²) in [4.78, 5) is 12.4. The van der Waals surface area contributed by atoms with Crippen molar-refractivity contribution < 1.29 is 9.18 Å². The number of carbonyl (C=O) groups is 1. The second-order valence-electron chi connectivity index (χ2n) is 4.19. The maximum absolute atomic E-state index is 14.0. The van der Waals surface area contributed by atoms with Crippen molar-refractivity contribution in [2.75, 3.05) is 0 Å². The van der Waals surface area contributed by atoms with Crippen LogP contribution in [0.5, 0.6) is 0 Å². The minimum absolute atomic E-state index is 0.0824. The Morgan fingerprint density at radius 1 is 1.14 bits per heavy atom. The van der Waals surface area contributed by atoms with Crippen LogP contribution in [0.2, 0.25) is 15.1 Å². The van der Waals surface area contributed by atoms with Crippen molar-refractivity contribution in [1.29, 1.82) is 5.26 Å². The van der Waals surface area contributed by atoms with Crippen LogP contribution in [0.1, 0.15) is 21.8 Å². The summed E-state index contributed by atoms with van der Waals surface area (Å²) in [5.74, 6) is -2.73. The molecule has 2 nitrogen and oxygen atoms in total. The standard InChI is InChI=1S/C15H7Cl3FNO/c16-8-4-5-10(13(18)6-8)15(21)11(7-20)9-2-1-3-12(17)14(9)19/h1-6,11H. The molecule has 0 heterocycles. The van der Waals surface area contributed by atoms with Gasteiger partial charge in [-0.25, -0.2) is 4.39 Å². The molecule has 0 aromatic heterocycles. The van der Waals surface area contributed by atoms with E-state index >= 15 is 0 Å². The fourth-order valence-corrected chi connectivity index (χ4v) is 2.54. The number of carbonyl (C=O) groups excluding carboxylic acids is 1. The van der Waals surface area contributed by atoms with Crippen LogP contribution in [0, 0.1) is 17.1 Å². The van der Waals surface area contributed by atoms with Crippen molar-refractivity contribution in [1.82, 2.24) is 0 Å². The van der Waals surface area contributed by atoms with Gasteiger partial charge in [0, 0.05) is 16.1 Å². The fourth-order valence-electron chi connectivity index (χ4n) is 1.86. The number of nitriles is 1. The molecule has 2 aromatic carbocycles. The number of hydrogen-bond acceptors (Lipinski definition) is 2. The topological polar surface area (TPSA) is 40.9 Å². The van der Waals surface area contributed by atoms with Gasteiger partial charge in [0.1, 0.15) is 11.7 Å². The number of hydrogen-bond donors (Lipinski definition) is 0. The van der Waals surface area contributed by atoms with Crippen molar-refractivity contribution in [3.63, 3.8) is 0 Å². The molecule has 1 unspecified atom stereocenters. The largest absolute Gasteiger partial charge is 0.292 e. The van der Waals surface area contributed by atoms with E-state index in [1.54, 1.807) is 6.07 Å². The van der Waals surface area contributed by atoms with Gasteiger partial charge in [-0.15, -0.1) is 0 Å². The van der Waals surface area contributed by atoms with Gasteiger partial charge in [0.05, 0.1) is 16.1 Å². The predicted molar refractivity (Wildman–Crippen MR) is 80.6 cm³/mol. The number of benzene rings is 2. The maximum atomic E-state index is 14.0. The Morgan fingerprint density at radius 2 is 1.86 bits per heavy atom. The lowest BCUT2D eigenvalue weighted by molar-refractivity contribution is 0.0977. The first-order valence-electron chi connectivity index (χ1n) is 5.78. The molecule has 0 fully saturated rings. The van der Waals surface area contributed by atoms with E-state index in [0.717, 1.165) is 0 Å². The molecule has 0 bridgehead atoms. The number of Topliss-reactive ketones (excluding diaryl/α,β-unsaturated/α-hetero) is 1. The van der Waals surface area contributed by atoms with Crippen LogP contribution in [-0.2, 0) is 0 Å². The Kier molecular flexibility index (Phi) is 4.84. The molecule has 0 aliphatic rings. The van der Waals surface area contributed by atoms with E-state index in [2.05, 4.69) is 0 Å². The van der Waals surface area contributed by atoms with Crippen LogP contribution < -0.4 is 0 Å². The highest BCUT2D eigenvalue weighted by atomic mass is 35.5. The number of halogens is 4. The molecule has 2 rings (SSSR count). The predicted octanol–water partition coefficient (Wildman–Crippen LogP) is 5.28. The van der Waals surface area contributed by atoms with E-state index in [0.29, 0.717) is 5.02 Å². The lowest BCUT2D eigenvalue weighted by Crippen LogP contribution is -2.13. The van der Waals surface area contributed by atoms with Gasteiger partial charge in [0.25, 0.3) is 0 Å². The average Bonchev–Trinajstić information content (AvgIpc) is 2.44. The normalized spacial score (nSPS) is 11.8. The second kappa shape index (κ2) is 6.44. The van der Waals surface area contributed by atoms with E-state index in [1.807, 2.05) is 0 Å². The smallest absolute Gasteiger partial charge is 0.186 e. The summed E-state index contributed by atoms with van der Waals surface area (Å²) in [6.45, 7) is 0. The highest BCUT2D eigenvalue weighted by Crippen LogP contribution is 2.30. The molecule has 0 saturated carbocycles. The first-order valence-corrected chi connectivity index (χ1v) is 6.92. The molecule has 21 heavy (non-hydrogen) atoms. The van der Waals surface area contributed by atoms with Crippen molar-refractivity contribution in [2.24, 2.45) is 0 Å². The summed E-state index contributed by atoms with van der Waals surface area (Å²) in [7, 11) is 0. The Balaban J connectivity index is 2.49. The quantitative estimate of drug-likeness (QED) is 0.712. The van der Waals surface area contributed by atoms with Gasteiger partial charge >= 0.3 is 0 Å². The molecule has 2 aromatic rings. The Labute approximate surface area is 135 Å². The lowest BCUT2D eigenvalue weighted by atomic mass is 9.91. The minimum Gasteiger partial charge on any atom is -0.292 e. The SMILES string of the molecule is N#CC(C(=O)c1ccc(Cl)cc1Cl)c1cccc(Cl)c1F. The first-order chi connectivity index (χ1) is 9.95. The molecular weight excluding hydrogens is 336 g/mol. The molecule has 0 amide bonds. The summed E-state index contributed by atoms with van der Waals surface area (Å²) in [5.41, 5.74) is 0.0213. The van der Waals surface area contributed by atoms with Gasteiger partial charge in [-0.3, -0.25) is 4.79 Å². The highest BCUT2D eigenvalue weighted by molar-refractivity contribution is 6.37. The summed E-state index contributed by atoms with van der Waals surface area (Å²) in [5, 5.41) is 9.54. The molecule has 1 atom stereocenters. The van der Waals surface area contributed by atoms with Crippen LogP contribution in [-0.4, -0.2) is 5.78 Å². The zero-order valence-electron chi connectivity index (χ0n) is 10.4. The summed E-state index contributed by atoms with van der Waals surface area (Å²) in [6, 6.07) is 10.2. The maximum Gasteiger partial charge on any atom is 0.186 e. The molecule has 0 aliphatic carbocycles. The van der Waals surface area contributed by atoms with E-state index in [9.17, 15) is 14.4 Å². The molecule has 0 saturated heterocycles. The van der Waals surface area contributed by atoms with Crippen molar-refractivity contribution in [2.45, 2.75) is 5.92 Å². The number of nitrogens with zero attached hydrogens (tertiary/aromatic N) is 1. The van der Waals surface area contributed by atoms with Gasteiger partial charge < -0.3 is 0 Å². The zero-order valence-corrected chi connectivity index (χ0v) is 12.7. The van der Waals surface area contributed by atoms with Crippen LogP contribution in [0.15, 0.2) is 36.4 Å². The summed E-state index contributed by atoms with van der Waals surface area (Å²) >= 11 is 17.4. The van der Waals surface area contributed by atoms with E-state index in [-0.39, 0.29) is 21.2 Å². The summed E-state index contributed by atoms with van der Waals surface area (Å²) < 4.78 is 14.0. The molecule has 0 radical (unpaired) electrons. The third kappa shape index (κ3) is 3.19. The highest BCUT2D eigenvalue weighted by Gasteiger charge is 2.27. The van der Waals surface area contributed by atoms with Crippen LogP contribution in [0.3, 0.4) is 0 Å². The Hall–Kier alpha value is -1.60. The van der Waals surface area contributed by atoms with Crippen molar-refractivity contribution in [3.05, 3.63) is 68.4 Å². The number of rotatable bonds is 3. The van der Waals surface area contributed by atoms with Crippen molar-refractivity contribution in [3.8, 4) is 6.07 Å². The lowest BCUT2D eigenvalue weighted by Gasteiger charge is -2.11. The monoisotopic (exact) mass is 341 g/mol. The zero-order chi connectivity index (χ0) is 15.6. The van der Waals surface area contributed by atoms with Crippen LogP contribution in [0.4, 0.5) is 4.39 Å². The number of ketones is 1. The molecule has 0 aliphatic heterocycles. The van der Waals surface area contributed by atoms with E-state index in [4.69, 9.17) is 34.8 Å². The first kappa shape index (κ1) is 15.8. The van der Waals surface area contributed by atoms with Gasteiger partial charge in [0.15, 0.2) is 5.78 Å². The molecule has 106 valence electrons. The Bertz CT molecular complexity index is 755. The van der Waals surface area contributed by atoms with Gasteiger partial charge in [-0.1, -0.05) is 46.9 Å². The molecule has 0 N–H and O–H groups in total. The van der Waals surface area contributed by atoms with Crippen LogP contribution in [0.25, 0.3) is 0 Å². The van der Waals surface area contributed by atoms with E-state index in [1.165, 1.54) is 36.4 Å². The Morgan fingerprint density at radius 3 is 2.48 bits per heavy atom. The second-order valence-corrected chi connectivity index (χ2v) is 5.44. The molecule has 0 spiro atoms. The molecular formula is C15H7Cl3FNO. The third-order valence-corrected chi connectivity index (χ3v) is 3.72. The van der Waals surface area contributed by atoms with Gasteiger partial charge in [-0.2, -0.15) is 5.26 Å². The minimum atomic E-state index is -1.33. The van der Waals surface area contributed by atoms with Gasteiger partial charge in [0.2, 0.25) is 0 Å². The van der Waals surface area contributed by atoms with Crippen LogP contribution >= 0.6 is 34.8 Å².